The number of carboxylic acids is 1. The van der Waals surface area contributed by atoms with Crippen molar-refractivity contribution in [1.82, 2.24) is 4.57 Å². The highest BCUT2D eigenvalue weighted by atomic mass is 16.4. The van der Waals surface area contributed by atoms with Gasteiger partial charge in [-0.05, 0) is 31.2 Å². The lowest BCUT2D eigenvalue weighted by Crippen LogP contribution is -2.24. The molecule has 1 aliphatic rings. The van der Waals surface area contributed by atoms with E-state index in [2.05, 4.69) is 13.8 Å². The summed E-state index contributed by atoms with van der Waals surface area (Å²) in [6, 6.07) is 3.16. The Balaban J connectivity index is 2.50. The molecule has 1 saturated carbocycles. The largest absolute Gasteiger partial charge is 0.478 e. The second-order valence-electron chi connectivity index (χ2n) is 5.08. The first-order valence-corrected chi connectivity index (χ1v) is 5.97. The van der Waals surface area contributed by atoms with E-state index in [-0.39, 0.29) is 11.1 Å². The highest BCUT2D eigenvalue weighted by molar-refractivity contribution is 5.87. The molecule has 0 amide bonds. The fourth-order valence-corrected chi connectivity index (χ4v) is 2.08. The van der Waals surface area contributed by atoms with Crippen molar-refractivity contribution >= 4 is 5.97 Å². The Kier molecular flexibility index (Phi) is 3.05. The summed E-state index contributed by atoms with van der Waals surface area (Å²) in [5, 5.41) is 8.96. The molecule has 17 heavy (non-hydrogen) atoms. The number of hydrogen-bond acceptors (Lipinski definition) is 2. The van der Waals surface area contributed by atoms with E-state index in [1.165, 1.54) is 6.07 Å². The maximum atomic E-state index is 11.9. The quantitative estimate of drug-likeness (QED) is 0.869. The molecule has 0 unspecified atom stereocenters. The smallest absolute Gasteiger partial charge is 0.335 e. The zero-order valence-corrected chi connectivity index (χ0v) is 10.1. The lowest BCUT2D eigenvalue weighted by molar-refractivity contribution is 0.0696. The Morgan fingerprint density at radius 2 is 2.12 bits per heavy atom. The zero-order valence-electron chi connectivity index (χ0n) is 10.1. The molecule has 0 atom stereocenters. The summed E-state index contributed by atoms with van der Waals surface area (Å²) >= 11 is 0. The molecule has 0 radical (unpaired) electrons. The normalized spacial score (nSPS) is 15.2. The van der Waals surface area contributed by atoms with E-state index >= 15 is 0 Å². The molecular formula is C13H17NO3. The van der Waals surface area contributed by atoms with Gasteiger partial charge in [0.25, 0.3) is 5.56 Å². The second kappa shape index (κ2) is 4.35. The van der Waals surface area contributed by atoms with Crippen LogP contribution in [0.5, 0.6) is 0 Å². The standard InChI is InChI=1S/C13H17NO3/c1-8(2)5-11-6-9(13(16)17)7-12(15)14(11)10-3-4-10/h6-8,10H,3-5H2,1-2H3,(H,16,17). The maximum Gasteiger partial charge on any atom is 0.335 e. The summed E-state index contributed by atoms with van der Waals surface area (Å²) in [7, 11) is 0. The summed E-state index contributed by atoms with van der Waals surface area (Å²) < 4.78 is 1.77. The highest BCUT2D eigenvalue weighted by Crippen LogP contribution is 2.35. The third-order valence-corrected chi connectivity index (χ3v) is 2.92. The number of carbonyl (C=O) groups is 1. The predicted molar refractivity (Wildman–Crippen MR) is 64.5 cm³/mol. The summed E-state index contributed by atoms with van der Waals surface area (Å²) in [6.45, 7) is 4.13. The Bertz CT molecular complexity index is 498. The molecule has 1 heterocycles. The van der Waals surface area contributed by atoms with Crippen molar-refractivity contribution in [3.8, 4) is 0 Å². The van der Waals surface area contributed by atoms with Crippen LogP contribution in [0.4, 0.5) is 0 Å². The molecule has 1 aromatic heterocycles. The van der Waals surface area contributed by atoms with E-state index in [1.807, 2.05) is 0 Å². The van der Waals surface area contributed by atoms with Crippen LogP contribution in [0.2, 0.25) is 0 Å². The van der Waals surface area contributed by atoms with Crippen LogP contribution < -0.4 is 5.56 Å². The van der Waals surface area contributed by atoms with Crippen molar-refractivity contribution in [3.63, 3.8) is 0 Å². The molecule has 1 aromatic rings. The fraction of sp³-hybridized carbons (Fsp3) is 0.538. The maximum absolute atomic E-state index is 11.9. The molecular weight excluding hydrogens is 218 g/mol. The van der Waals surface area contributed by atoms with Crippen LogP contribution in [0, 0.1) is 5.92 Å². The molecule has 2 rings (SSSR count). The number of rotatable bonds is 4. The van der Waals surface area contributed by atoms with Gasteiger partial charge in [0.15, 0.2) is 0 Å². The van der Waals surface area contributed by atoms with Crippen LogP contribution >= 0.6 is 0 Å². The molecule has 1 aliphatic carbocycles. The Morgan fingerprint density at radius 1 is 1.47 bits per heavy atom. The van der Waals surface area contributed by atoms with Gasteiger partial charge in [-0.1, -0.05) is 13.8 Å². The van der Waals surface area contributed by atoms with Gasteiger partial charge in [0.05, 0.1) is 5.56 Å². The summed E-state index contributed by atoms with van der Waals surface area (Å²) in [5.41, 5.74) is 0.776. The van der Waals surface area contributed by atoms with E-state index in [9.17, 15) is 9.59 Å². The van der Waals surface area contributed by atoms with E-state index in [0.717, 1.165) is 25.0 Å². The topological polar surface area (TPSA) is 59.3 Å². The van der Waals surface area contributed by atoms with Gasteiger partial charge in [0.2, 0.25) is 0 Å². The zero-order chi connectivity index (χ0) is 12.6. The number of nitrogens with zero attached hydrogens (tertiary/aromatic N) is 1. The Labute approximate surface area is 99.9 Å². The first-order valence-electron chi connectivity index (χ1n) is 5.97. The minimum Gasteiger partial charge on any atom is -0.478 e. The van der Waals surface area contributed by atoms with Gasteiger partial charge in [-0.2, -0.15) is 0 Å². The summed E-state index contributed by atoms with van der Waals surface area (Å²) in [5.74, 6) is -0.626. The molecule has 1 N–H and O–H groups in total. The second-order valence-corrected chi connectivity index (χ2v) is 5.08. The van der Waals surface area contributed by atoms with Crippen molar-refractivity contribution in [2.24, 2.45) is 5.92 Å². The van der Waals surface area contributed by atoms with Crippen LogP contribution in [-0.2, 0) is 6.42 Å². The predicted octanol–water partition coefficient (Wildman–Crippen LogP) is 2.08. The first kappa shape index (κ1) is 11.9. The highest BCUT2D eigenvalue weighted by Gasteiger charge is 2.27. The van der Waals surface area contributed by atoms with Gasteiger partial charge in [-0.25, -0.2) is 4.79 Å². The minimum atomic E-state index is -1.03. The third-order valence-electron chi connectivity index (χ3n) is 2.92. The third kappa shape index (κ3) is 2.57. The van der Waals surface area contributed by atoms with E-state index in [0.29, 0.717) is 12.0 Å². The van der Waals surface area contributed by atoms with Gasteiger partial charge in [-0.15, -0.1) is 0 Å². The van der Waals surface area contributed by atoms with Gasteiger partial charge in [-0.3, -0.25) is 4.79 Å². The SMILES string of the molecule is CC(C)Cc1cc(C(=O)O)cc(=O)n1C1CC1. The number of aromatic carboxylic acids is 1. The molecule has 0 aliphatic heterocycles. The lowest BCUT2D eigenvalue weighted by atomic mass is 10.1. The van der Waals surface area contributed by atoms with Crippen molar-refractivity contribution in [3.05, 3.63) is 33.7 Å². The monoisotopic (exact) mass is 235 g/mol. The number of aromatic nitrogens is 1. The number of carboxylic acid groups (broad SMARTS) is 1. The fourth-order valence-electron chi connectivity index (χ4n) is 2.08. The van der Waals surface area contributed by atoms with E-state index in [1.54, 1.807) is 10.6 Å². The molecule has 4 nitrogen and oxygen atoms in total. The Hall–Kier alpha value is -1.58. The van der Waals surface area contributed by atoms with Crippen molar-refractivity contribution < 1.29 is 9.90 Å². The molecule has 0 aromatic carbocycles. The van der Waals surface area contributed by atoms with Gasteiger partial charge in [0.1, 0.15) is 0 Å². The first-order chi connectivity index (χ1) is 7.99. The van der Waals surface area contributed by atoms with Crippen molar-refractivity contribution in [2.45, 2.75) is 39.2 Å². The van der Waals surface area contributed by atoms with E-state index in [4.69, 9.17) is 5.11 Å². The van der Waals surface area contributed by atoms with Crippen LogP contribution in [-0.4, -0.2) is 15.6 Å². The van der Waals surface area contributed by atoms with Crippen LogP contribution in [0.15, 0.2) is 16.9 Å². The minimum absolute atomic E-state index is 0.0996. The number of hydrogen-bond donors (Lipinski definition) is 1. The van der Waals surface area contributed by atoms with Gasteiger partial charge >= 0.3 is 5.97 Å². The van der Waals surface area contributed by atoms with E-state index < -0.39 is 5.97 Å². The molecule has 0 saturated heterocycles. The lowest BCUT2D eigenvalue weighted by Gasteiger charge is -2.14. The molecule has 4 heteroatoms. The van der Waals surface area contributed by atoms with Gasteiger partial charge < -0.3 is 9.67 Å². The molecule has 92 valence electrons. The van der Waals surface area contributed by atoms with Crippen LogP contribution in [0.1, 0.15) is 48.8 Å². The summed E-state index contributed by atoms with van der Waals surface area (Å²) in [4.78, 5) is 22.9. The van der Waals surface area contributed by atoms with Crippen molar-refractivity contribution in [1.29, 1.82) is 0 Å². The molecule has 1 fully saturated rings. The Morgan fingerprint density at radius 3 is 2.59 bits per heavy atom. The van der Waals surface area contributed by atoms with Crippen molar-refractivity contribution in [2.75, 3.05) is 0 Å². The van der Waals surface area contributed by atoms with Crippen LogP contribution in [0.3, 0.4) is 0 Å². The number of pyridine rings is 1. The summed E-state index contributed by atoms with van der Waals surface area (Å²) in [6.07, 6.45) is 2.79. The average molecular weight is 235 g/mol. The van der Waals surface area contributed by atoms with Crippen LogP contribution in [0.25, 0.3) is 0 Å². The average Bonchev–Trinajstić information content (AvgIpc) is 2.99. The molecule has 0 bridgehead atoms. The molecule has 0 spiro atoms. The van der Waals surface area contributed by atoms with Gasteiger partial charge in [0, 0.05) is 17.8 Å².